The normalized spacial score (nSPS) is 21.2. The van der Waals surface area contributed by atoms with Crippen LogP contribution in [0.15, 0.2) is 54.6 Å². The minimum Gasteiger partial charge on any atom is -0.484 e. The van der Waals surface area contributed by atoms with Crippen molar-refractivity contribution in [1.29, 1.82) is 0 Å². The predicted molar refractivity (Wildman–Crippen MR) is 113 cm³/mol. The topological polar surface area (TPSA) is 67.4 Å². The van der Waals surface area contributed by atoms with Gasteiger partial charge < -0.3 is 15.4 Å². The van der Waals surface area contributed by atoms with Crippen molar-refractivity contribution in [1.82, 2.24) is 5.32 Å². The van der Waals surface area contributed by atoms with E-state index in [4.69, 9.17) is 4.74 Å². The molecule has 0 aromatic heterocycles. The van der Waals surface area contributed by atoms with Gasteiger partial charge in [0.25, 0.3) is 5.91 Å². The molecule has 0 heterocycles. The van der Waals surface area contributed by atoms with E-state index in [1.54, 1.807) is 12.1 Å². The second kappa shape index (κ2) is 9.12. The number of hydrogen-bond donors (Lipinski definition) is 2. The Morgan fingerprint density at radius 2 is 1.66 bits per heavy atom. The molecule has 2 N–H and O–H groups in total. The third kappa shape index (κ3) is 5.59. The third-order valence-corrected chi connectivity index (χ3v) is 5.78. The van der Waals surface area contributed by atoms with Gasteiger partial charge in [-0.25, -0.2) is 0 Å². The van der Waals surface area contributed by atoms with Crippen molar-refractivity contribution in [3.8, 4) is 5.75 Å². The van der Waals surface area contributed by atoms with Crippen molar-refractivity contribution in [3.63, 3.8) is 0 Å². The highest BCUT2D eigenvalue weighted by Crippen LogP contribution is 2.33. The maximum atomic E-state index is 12.3. The van der Waals surface area contributed by atoms with Crippen LogP contribution in [0.5, 0.6) is 5.75 Å². The molecule has 2 saturated carbocycles. The summed E-state index contributed by atoms with van der Waals surface area (Å²) in [5, 5.41) is 5.99. The Hall–Kier alpha value is -2.82. The van der Waals surface area contributed by atoms with Gasteiger partial charge in [-0.2, -0.15) is 0 Å². The number of nitrogens with one attached hydrogen (secondary N) is 2. The standard InChI is InChI=1S/C24H28N2O3/c27-23(25-20-13-11-18(12-14-20)17-5-2-1-3-6-17)16-29-22-8-4-7-21(15-22)26-24(28)19-9-10-19/h1-8,15,18-20H,9-14,16H2,(H,25,27)(H,26,28). The molecule has 2 aliphatic rings. The van der Waals surface area contributed by atoms with Crippen LogP contribution in [0, 0.1) is 5.92 Å². The zero-order valence-corrected chi connectivity index (χ0v) is 16.6. The first-order chi connectivity index (χ1) is 14.2. The number of anilines is 1. The van der Waals surface area contributed by atoms with Crippen LogP contribution in [0.25, 0.3) is 0 Å². The summed E-state index contributed by atoms with van der Waals surface area (Å²) in [7, 11) is 0. The lowest BCUT2D eigenvalue weighted by Gasteiger charge is -2.29. The van der Waals surface area contributed by atoms with Crippen molar-refractivity contribution in [2.45, 2.75) is 50.5 Å². The summed E-state index contributed by atoms with van der Waals surface area (Å²) >= 11 is 0. The van der Waals surface area contributed by atoms with Gasteiger partial charge >= 0.3 is 0 Å². The lowest BCUT2D eigenvalue weighted by atomic mass is 9.82. The van der Waals surface area contributed by atoms with Crippen LogP contribution in [0.4, 0.5) is 5.69 Å². The second-order valence-electron chi connectivity index (χ2n) is 8.11. The average Bonchev–Trinajstić information content (AvgIpc) is 3.59. The zero-order valence-electron chi connectivity index (χ0n) is 16.6. The Balaban J connectivity index is 1.20. The smallest absolute Gasteiger partial charge is 0.258 e. The summed E-state index contributed by atoms with van der Waals surface area (Å²) in [4.78, 5) is 24.2. The number of carbonyl (C=O) groups excluding carboxylic acids is 2. The average molecular weight is 392 g/mol. The van der Waals surface area contributed by atoms with Gasteiger partial charge in [0, 0.05) is 23.7 Å². The second-order valence-corrected chi connectivity index (χ2v) is 8.11. The number of ether oxygens (including phenoxy) is 1. The van der Waals surface area contributed by atoms with E-state index in [9.17, 15) is 9.59 Å². The molecule has 152 valence electrons. The van der Waals surface area contributed by atoms with Gasteiger partial charge in [-0.05, 0) is 62.1 Å². The van der Waals surface area contributed by atoms with E-state index in [1.165, 1.54) is 5.56 Å². The van der Waals surface area contributed by atoms with Crippen LogP contribution >= 0.6 is 0 Å². The molecular weight excluding hydrogens is 364 g/mol. The van der Waals surface area contributed by atoms with Crippen LogP contribution in [-0.4, -0.2) is 24.5 Å². The van der Waals surface area contributed by atoms with Crippen molar-refractivity contribution >= 4 is 17.5 Å². The van der Waals surface area contributed by atoms with E-state index in [0.717, 1.165) is 38.5 Å². The van der Waals surface area contributed by atoms with Crippen molar-refractivity contribution in [2.24, 2.45) is 5.92 Å². The minimum absolute atomic E-state index is 0.0152. The van der Waals surface area contributed by atoms with Gasteiger partial charge in [0.2, 0.25) is 5.91 Å². The Kier molecular flexibility index (Phi) is 6.13. The van der Waals surface area contributed by atoms with E-state index >= 15 is 0 Å². The highest BCUT2D eigenvalue weighted by molar-refractivity contribution is 5.94. The highest BCUT2D eigenvalue weighted by atomic mass is 16.5. The molecule has 2 aliphatic carbocycles. The molecule has 0 aliphatic heterocycles. The minimum atomic E-state index is -0.0967. The van der Waals surface area contributed by atoms with E-state index in [1.807, 2.05) is 18.2 Å². The van der Waals surface area contributed by atoms with Gasteiger partial charge in [-0.1, -0.05) is 36.4 Å². The molecule has 0 saturated heterocycles. The molecular formula is C24H28N2O3. The van der Waals surface area contributed by atoms with Crippen LogP contribution < -0.4 is 15.4 Å². The first-order valence-electron chi connectivity index (χ1n) is 10.6. The highest BCUT2D eigenvalue weighted by Gasteiger charge is 2.29. The van der Waals surface area contributed by atoms with Crippen LogP contribution in [-0.2, 0) is 9.59 Å². The van der Waals surface area contributed by atoms with Crippen molar-refractivity contribution in [3.05, 3.63) is 60.2 Å². The number of benzene rings is 2. The summed E-state index contributed by atoms with van der Waals surface area (Å²) in [6.45, 7) is -0.0152. The number of hydrogen-bond acceptors (Lipinski definition) is 3. The van der Waals surface area contributed by atoms with E-state index in [0.29, 0.717) is 17.4 Å². The Labute approximate surface area is 171 Å². The van der Waals surface area contributed by atoms with Gasteiger partial charge in [0.1, 0.15) is 5.75 Å². The lowest BCUT2D eigenvalue weighted by molar-refractivity contribution is -0.124. The number of carbonyl (C=O) groups is 2. The molecule has 0 unspecified atom stereocenters. The maximum Gasteiger partial charge on any atom is 0.258 e. The summed E-state index contributed by atoms with van der Waals surface area (Å²) in [5.74, 6) is 1.30. The van der Waals surface area contributed by atoms with Gasteiger partial charge in [-0.3, -0.25) is 9.59 Å². The largest absolute Gasteiger partial charge is 0.484 e. The fourth-order valence-corrected chi connectivity index (χ4v) is 3.97. The third-order valence-electron chi connectivity index (χ3n) is 5.78. The summed E-state index contributed by atoms with van der Waals surface area (Å²) in [6, 6.07) is 18.0. The molecule has 0 radical (unpaired) electrons. The van der Waals surface area contributed by atoms with Gasteiger partial charge in [0.05, 0.1) is 0 Å². The number of amides is 2. The van der Waals surface area contributed by atoms with Gasteiger partial charge in [0.15, 0.2) is 6.61 Å². The first kappa shape index (κ1) is 19.5. The number of rotatable bonds is 7. The zero-order chi connectivity index (χ0) is 20.1. The fourth-order valence-electron chi connectivity index (χ4n) is 3.97. The van der Waals surface area contributed by atoms with E-state index in [-0.39, 0.29) is 30.4 Å². The van der Waals surface area contributed by atoms with Crippen LogP contribution in [0.1, 0.15) is 50.0 Å². The lowest BCUT2D eigenvalue weighted by Crippen LogP contribution is -2.39. The molecule has 0 spiro atoms. The Bertz CT molecular complexity index is 840. The Morgan fingerprint density at radius 3 is 2.38 bits per heavy atom. The molecule has 0 atom stereocenters. The summed E-state index contributed by atoms with van der Waals surface area (Å²) in [5.41, 5.74) is 2.10. The fraction of sp³-hybridized carbons (Fsp3) is 0.417. The molecule has 29 heavy (non-hydrogen) atoms. The monoisotopic (exact) mass is 392 g/mol. The molecule has 5 nitrogen and oxygen atoms in total. The summed E-state index contributed by atoms with van der Waals surface area (Å²) in [6.07, 6.45) is 6.12. The Morgan fingerprint density at radius 1 is 0.897 bits per heavy atom. The van der Waals surface area contributed by atoms with Gasteiger partial charge in [-0.15, -0.1) is 0 Å². The van der Waals surface area contributed by atoms with Crippen LogP contribution in [0.2, 0.25) is 0 Å². The molecule has 2 aromatic carbocycles. The predicted octanol–water partition coefficient (Wildman–Crippen LogP) is 4.26. The maximum absolute atomic E-state index is 12.3. The van der Waals surface area contributed by atoms with E-state index in [2.05, 4.69) is 34.9 Å². The molecule has 0 bridgehead atoms. The molecule has 2 fully saturated rings. The molecule has 5 heteroatoms. The van der Waals surface area contributed by atoms with Crippen LogP contribution in [0.3, 0.4) is 0 Å². The quantitative estimate of drug-likeness (QED) is 0.740. The molecule has 2 aromatic rings. The van der Waals surface area contributed by atoms with E-state index < -0.39 is 0 Å². The van der Waals surface area contributed by atoms with Crippen molar-refractivity contribution in [2.75, 3.05) is 11.9 Å². The van der Waals surface area contributed by atoms with Crippen molar-refractivity contribution < 1.29 is 14.3 Å². The molecule has 2 amide bonds. The summed E-state index contributed by atoms with van der Waals surface area (Å²) < 4.78 is 5.63. The first-order valence-corrected chi connectivity index (χ1v) is 10.6. The molecule has 4 rings (SSSR count). The SMILES string of the molecule is O=C(COc1cccc(NC(=O)C2CC2)c1)NC1CCC(c2ccccc2)CC1.